The molecular formula is C12H17N3OS. The fourth-order valence-corrected chi connectivity index (χ4v) is 2.46. The number of furan rings is 1. The van der Waals surface area contributed by atoms with Gasteiger partial charge in [-0.1, -0.05) is 0 Å². The summed E-state index contributed by atoms with van der Waals surface area (Å²) in [4.78, 5) is 6.61. The van der Waals surface area contributed by atoms with Crippen molar-refractivity contribution in [3.8, 4) is 0 Å². The van der Waals surface area contributed by atoms with E-state index in [2.05, 4.69) is 9.88 Å². The monoisotopic (exact) mass is 251 g/mol. The zero-order valence-corrected chi connectivity index (χ0v) is 11.1. The molecule has 5 heteroatoms. The van der Waals surface area contributed by atoms with Crippen LogP contribution >= 0.6 is 11.3 Å². The first-order chi connectivity index (χ1) is 8.08. The van der Waals surface area contributed by atoms with Crippen molar-refractivity contribution in [2.45, 2.75) is 26.4 Å². The quantitative estimate of drug-likeness (QED) is 0.907. The van der Waals surface area contributed by atoms with Gasteiger partial charge in [-0.25, -0.2) is 4.98 Å². The zero-order chi connectivity index (χ0) is 12.4. The van der Waals surface area contributed by atoms with Crippen LogP contribution in [0.1, 0.15) is 30.0 Å². The standard InChI is InChI=1S/C12H17N3OS/c1-8(13)11-7-17-12(14-11)15(3)6-10-4-5-16-9(10)2/h4-5,7-8H,6,13H2,1-3H3. The first kappa shape index (κ1) is 12.1. The lowest BCUT2D eigenvalue weighted by molar-refractivity contribution is 0.529. The molecule has 4 nitrogen and oxygen atoms in total. The second-order valence-corrected chi connectivity index (χ2v) is 5.04. The Morgan fingerprint density at radius 3 is 2.88 bits per heavy atom. The second-order valence-electron chi connectivity index (χ2n) is 4.20. The van der Waals surface area contributed by atoms with Gasteiger partial charge in [0.1, 0.15) is 5.76 Å². The van der Waals surface area contributed by atoms with Gasteiger partial charge in [0.2, 0.25) is 0 Å². The lowest BCUT2D eigenvalue weighted by Gasteiger charge is -2.15. The van der Waals surface area contributed by atoms with Crippen molar-refractivity contribution in [2.24, 2.45) is 5.73 Å². The smallest absolute Gasteiger partial charge is 0.185 e. The lowest BCUT2D eigenvalue weighted by atomic mass is 10.2. The van der Waals surface area contributed by atoms with Gasteiger partial charge in [0.05, 0.1) is 12.0 Å². The van der Waals surface area contributed by atoms with Gasteiger partial charge in [-0.3, -0.25) is 0 Å². The van der Waals surface area contributed by atoms with Crippen molar-refractivity contribution < 1.29 is 4.42 Å². The van der Waals surface area contributed by atoms with E-state index in [0.717, 1.165) is 23.1 Å². The normalized spacial score (nSPS) is 12.7. The molecule has 1 unspecified atom stereocenters. The third kappa shape index (κ3) is 2.68. The van der Waals surface area contributed by atoms with Crippen molar-refractivity contribution in [1.29, 1.82) is 0 Å². The molecule has 92 valence electrons. The number of aromatic nitrogens is 1. The maximum absolute atomic E-state index is 5.80. The summed E-state index contributed by atoms with van der Waals surface area (Å²) >= 11 is 1.62. The number of anilines is 1. The number of thiazole rings is 1. The third-order valence-electron chi connectivity index (χ3n) is 2.68. The number of rotatable bonds is 4. The predicted molar refractivity (Wildman–Crippen MR) is 70.3 cm³/mol. The van der Waals surface area contributed by atoms with Crippen LogP contribution in [0.15, 0.2) is 22.1 Å². The molecule has 2 aromatic heterocycles. The summed E-state index contributed by atoms with van der Waals surface area (Å²) in [6.07, 6.45) is 1.72. The van der Waals surface area contributed by atoms with Crippen LogP contribution in [0.5, 0.6) is 0 Å². The fourth-order valence-electron chi connectivity index (χ4n) is 1.56. The van der Waals surface area contributed by atoms with E-state index in [4.69, 9.17) is 10.2 Å². The van der Waals surface area contributed by atoms with E-state index >= 15 is 0 Å². The Bertz CT molecular complexity index is 489. The number of hydrogen-bond acceptors (Lipinski definition) is 5. The van der Waals surface area contributed by atoms with E-state index < -0.39 is 0 Å². The number of hydrogen-bond donors (Lipinski definition) is 1. The molecule has 0 radical (unpaired) electrons. The Hall–Kier alpha value is -1.33. The summed E-state index contributed by atoms with van der Waals surface area (Å²) in [5.41, 5.74) is 7.93. The average Bonchev–Trinajstić information content (AvgIpc) is 2.88. The van der Waals surface area contributed by atoms with Crippen LogP contribution in [-0.4, -0.2) is 12.0 Å². The van der Waals surface area contributed by atoms with E-state index in [9.17, 15) is 0 Å². The Labute approximate surface area is 105 Å². The van der Waals surface area contributed by atoms with Gasteiger partial charge in [0, 0.05) is 30.6 Å². The van der Waals surface area contributed by atoms with Crippen LogP contribution in [0.4, 0.5) is 5.13 Å². The molecule has 2 N–H and O–H groups in total. The fraction of sp³-hybridized carbons (Fsp3) is 0.417. The highest BCUT2D eigenvalue weighted by molar-refractivity contribution is 7.13. The molecule has 0 aliphatic rings. The molecule has 0 aromatic carbocycles. The van der Waals surface area contributed by atoms with Gasteiger partial charge in [-0.05, 0) is 19.9 Å². The minimum atomic E-state index is -0.0101. The van der Waals surface area contributed by atoms with E-state index in [1.54, 1.807) is 17.6 Å². The van der Waals surface area contributed by atoms with Crippen LogP contribution in [0, 0.1) is 6.92 Å². The maximum Gasteiger partial charge on any atom is 0.185 e. The van der Waals surface area contributed by atoms with Crippen molar-refractivity contribution in [2.75, 3.05) is 11.9 Å². The molecule has 0 aliphatic carbocycles. The predicted octanol–water partition coefficient (Wildman–Crippen LogP) is 2.70. The van der Waals surface area contributed by atoms with Crippen LogP contribution < -0.4 is 10.6 Å². The van der Waals surface area contributed by atoms with E-state index in [0.29, 0.717) is 0 Å². The molecule has 2 rings (SSSR count). The lowest BCUT2D eigenvalue weighted by Crippen LogP contribution is -2.16. The zero-order valence-electron chi connectivity index (χ0n) is 10.3. The molecule has 0 fully saturated rings. The summed E-state index contributed by atoms with van der Waals surface area (Å²) in [6, 6.07) is 1.98. The molecule has 0 saturated carbocycles. The molecule has 0 bridgehead atoms. The van der Waals surface area contributed by atoms with Gasteiger partial charge < -0.3 is 15.1 Å². The van der Waals surface area contributed by atoms with Crippen LogP contribution in [0.2, 0.25) is 0 Å². The Morgan fingerprint density at radius 1 is 1.59 bits per heavy atom. The topological polar surface area (TPSA) is 55.3 Å². The summed E-state index contributed by atoms with van der Waals surface area (Å²) in [5.74, 6) is 0.959. The van der Waals surface area contributed by atoms with Crippen LogP contribution in [0.3, 0.4) is 0 Å². The first-order valence-corrected chi connectivity index (χ1v) is 6.41. The maximum atomic E-state index is 5.80. The van der Waals surface area contributed by atoms with E-state index in [-0.39, 0.29) is 6.04 Å². The molecule has 0 aliphatic heterocycles. The Morgan fingerprint density at radius 2 is 2.35 bits per heavy atom. The Balaban J connectivity index is 2.09. The Kier molecular flexibility index (Phi) is 3.49. The minimum Gasteiger partial charge on any atom is -0.469 e. The number of aryl methyl sites for hydroxylation is 1. The molecule has 0 saturated heterocycles. The summed E-state index contributed by atoms with van der Waals surface area (Å²) in [6.45, 7) is 4.71. The van der Waals surface area contributed by atoms with Gasteiger partial charge >= 0.3 is 0 Å². The van der Waals surface area contributed by atoms with Crippen LogP contribution in [-0.2, 0) is 6.54 Å². The SMILES string of the molecule is Cc1occc1CN(C)c1nc(C(C)N)cs1. The highest BCUT2D eigenvalue weighted by Gasteiger charge is 2.11. The largest absolute Gasteiger partial charge is 0.469 e. The minimum absolute atomic E-state index is 0.0101. The summed E-state index contributed by atoms with van der Waals surface area (Å²) in [7, 11) is 2.02. The summed E-state index contributed by atoms with van der Waals surface area (Å²) in [5, 5.41) is 3.00. The molecule has 0 spiro atoms. The number of nitrogens with zero attached hydrogens (tertiary/aromatic N) is 2. The van der Waals surface area contributed by atoms with Crippen molar-refractivity contribution in [3.05, 3.63) is 34.7 Å². The second kappa shape index (κ2) is 4.89. The number of nitrogens with two attached hydrogens (primary N) is 1. The van der Waals surface area contributed by atoms with Crippen LogP contribution in [0.25, 0.3) is 0 Å². The first-order valence-electron chi connectivity index (χ1n) is 5.53. The molecule has 2 aromatic rings. The van der Waals surface area contributed by atoms with Gasteiger partial charge in [-0.2, -0.15) is 0 Å². The molecular weight excluding hydrogens is 234 g/mol. The van der Waals surface area contributed by atoms with Crippen molar-refractivity contribution in [3.63, 3.8) is 0 Å². The summed E-state index contributed by atoms with van der Waals surface area (Å²) < 4.78 is 5.28. The van der Waals surface area contributed by atoms with Crippen molar-refractivity contribution >= 4 is 16.5 Å². The molecule has 17 heavy (non-hydrogen) atoms. The van der Waals surface area contributed by atoms with Gasteiger partial charge in [0.25, 0.3) is 0 Å². The van der Waals surface area contributed by atoms with Gasteiger partial charge in [-0.15, -0.1) is 11.3 Å². The van der Waals surface area contributed by atoms with Crippen molar-refractivity contribution in [1.82, 2.24) is 4.98 Å². The van der Waals surface area contributed by atoms with Gasteiger partial charge in [0.15, 0.2) is 5.13 Å². The molecule has 2 heterocycles. The molecule has 0 amide bonds. The highest BCUT2D eigenvalue weighted by Crippen LogP contribution is 2.24. The third-order valence-corrected chi connectivity index (χ3v) is 3.65. The average molecular weight is 251 g/mol. The molecule has 1 atom stereocenters. The van der Waals surface area contributed by atoms with E-state index in [1.807, 2.05) is 32.3 Å². The highest BCUT2D eigenvalue weighted by atomic mass is 32.1. The van der Waals surface area contributed by atoms with E-state index in [1.165, 1.54) is 5.56 Å².